The predicted molar refractivity (Wildman–Crippen MR) is 130 cm³/mol. The molecule has 1 fully saturated rings. The van der Waals surface area contributed by atoms with E-state index in [4.69, 9.17) is 4.74 Å². The van der Waals surface area contributed by atoms with Crippen LogP contribution in [0, 0.1) is 13.8 Å². The number of anilines is 1. The first kappa shape index (κ1) is 23.9. The van der Waals surface area contributed by atoms with Crippen molar-refractivity contribution in [3.8, 4) is 5.75 Å². The highest BCUT2D eigenvalue weighted by atomic mass is 32.1. The number of benzene rings is 1. The third-order valence-electron chi connectivity index (χ3n) is 6.45. The first-order valence-corrected chi connectivity index (χ1v) is 12.3. The van der Waals surface area contributed by atoms with Crippen LogP contribution in [-0.2, 0) is 0 Å². The van der Waals surface area contributed by atoms with Crippen molar-refractivity contribution in [1.29, 1.82) is 0 Å². The van der Waals surface area contributed by atoms with Gasteiger partial charge in [0.25, 0.3) is 5.91 Å². The molecule has 34 heavy (non-hydrogen) atoms. The maximum atomic E-state index is 13.5. The third-order valence-corrected chi connectivity index (χ3v) is 7.76. The number of ether oxygens (including phenoxy) is 1. The highest BCUT2D eigenvalue weighted by Crippen LogP contribution is 2.41. The van der Waals surface area contributed by atoms with Crippen molar-refractivity contribution >= 4 is 39.8 Å². The van der Waals surface area contributed by atoms with Crippen LogP contribution in [0.2, 0.25) is 0 Å². The lowest BCUT2D eigenvalue weighted by Crippen LogP contribution is -2.52. The smallest absolute Gasteiger partial charge is 0.319 e. The third kappa shape index (κ3) is 4.44. The van der Waals surface area contributed by atoms with E-state index in [1.807, 2.05) is 25.1 Å². The number of amides is 3. The van der Waals surface area contributed by atoms with E-state index >= 15 is 0 Å². The van der Waals surface area contributed by atoms with Crippen LogP contribution in [0.25, 0.3) is 0 Å². The molecule has 9 heteroatoms. The lowest BCUT2D eigenvalue weighted by atomic mass is 9.82. The number of nitrogens with zero attached hydrogens (tertiary/aromatic N) is 1. The van der Waals surface area contributed by atoms with E-state index in [1.165, 1.54) is 6.92 Å². The van der Waals surface area contributed by atoms with Gasteiger partial charge in [0.1, 0.15) is 16.4 Å². The fraction of sp³-hybridized carbons (Fsp3) is 0.440. The SMILES string of the molecule is CCNC(=O)Nc1sc(C(C)=O)c(C)c1C(=O)N1CCC2(CC1)CC(=O)c1cc(C)ccc1O2. The Morgan fingerprint density at radius 3 is 2.53 bits per heavy atom. The number of rotatable bonds is 4. The lowest BCUT2D eigenvalue weighted by molar-refractivity contribution is -0.00570. The molecule has 1 aromatic heterocycles. The van der Waals surface area contributed by atoms with Crippen LogP contribution in [0.15, 0.2) is 18.2 Å². The Labute approximate surface area is 202 Å². The second kappa shape index (κ2) is 9.21. The average molecular weight is 484 g/mol. The van der Waals surface area contributed by atoms with Crippen LogP contribution in [0.1, 0.15) is 74.6 Å². The molecule has 0 aliphatic carbocycles. The average Bonchev–Trinajstić information content (AvgIpc) is 3.10. The summed E-state index contributed by atoms with van der Waals surface area (Å²) in [5.41, 5.74) is 1.93. The van der Waals surface area contributed by atoms with E-state index in [-0.39, 0.29) is 17.5 Å². The van der Waals surface area contributed by atoms with Crippen LogP contribution in [0.4, 0.5) is 9.80 Å². The van der Waals surface area contributed by atoms with E-state index in [0.717, 1.165) is 16.9 Å². The van der Waals surface area contributed by atoms with Crippen LogP contribution < -0.4 is 15.4 Å². The number of ketones is 2. The molecule has 0 radical (unpaired) electrons. The van der Waals surface area contributed by atoms with Crippen LogP contribution >= 0.6 is 11.3 Å². The number of piperidine rings is 1. The number of urea groups is 1. The molecule has 2 aromatic rings. The standard InChI is InChI=1S/C25H29N3O5S/c1-5-26-24(32)27-22-20(15(3)21(34-22)16(4)29)23(31)28-10-8-25(9-11-28)13-18(30)17-12-14(2)6-7-19(17)33-25/h6-7,12H,5,8-11,13H2,1-4H3,(H2,26,27,32). The van der Waals surface area contributed by atoms with Crippen molar-refractivity contribution in [2.75, 3.05) is 25.0 Å². The number of nitrogens with one attached hydrogen (secondary N) is 2. The number of hydrogen-bond acceptors (Lipinski definition) is 6. The Morgan fingerprint density at radius 1 is 1.18 bits per heavy atom. The van der Waals surface area contributed by atoms with Gasteiger partial charge in [-0.05, 0) is 45.4 Å². The van der Waals surface area contributed by atoms with Gasteiger partial charge in [0.2, 0.25) is 0 Å². The van der Waals surface area contributed by atoms with Gasteiger partial charge in [0.05, 0.1) is 22.4 Å². The van der Waals surface area contributed by atoms with Gasteiger partial charge in [0, 0.05) is 32.5 Å². The Kier molecular flexibility index (Phi) is 6.49. The minimum Gasteiger partial charge on any atom is -0.486 e. The number of carbonyl (C=O) groups is 4. The number of carbonyl (C=O) groups excluding carboxylic acids is 4. The minimum absolute atomic E-state index is 0.0675. The molecule has 0 unspecified atom stereocenters. The fourth-order valence-electron chi connectivity index (χ4n) is 4.66. The van der Waals surface area contributed by atoms with Crippen molar-refractivity contribution in [3.63, 3.8) is 0 Å². The summed E-state index contributed by atoms with van der Waals surface area (Å²) in [5, 5.41) is 5.74. The van der Waals surface area contributed by atoms with E-state index in [9.17, 15) is 19.2 Å². The Balaban J connectivity index is 1.54. The zero-order valence-electron chi connectivity index (χ0n) is 19.9. The summed E-state index contributed by atoms with van der Waals surface area (Å²) in [7, 11) is 0. The van der Waals surface area contributed by atoms with Crippen molar-refractivity contribution in [3.05, 3.63) is 45.3 Å². The molecule has 1 spiro atoms. The van der Waals surface area contributed by atoms with Crippen molar-refractivity contribution in [2.24, 2.45) is 0 Å². The molecule has 3 heterocycles. The second-order valence-electron chi connectivity index (χ2n) is 8.98. The Bertz CT molecular complexity index is 1180. The fourth-order valence-corrected chi connectivity index (χ4v) is 5.75. The predicted octanol–water partition coefficient (Wildman–Crippen LogP) is 4.35. The molecule has 2 aliphatic heterocycles. The van der Waals surface area contributed by atoms with Gasteiger partial charge in [-0.3, -0.25) is 19.7 Å². The number of aryl methyl sites for hydroxylation is 1. The van der Waals surface area contributed by atoms with Crippen LogP contribution in [-0.4, -0.2) is 53.6 Å². The molecule has 0 saturated carbocycles. The Morgan fingerprint density at radius 2 is 1.88 bits per heavy atom. The van der Waals surface area contributed by atoms with Crippen molar-refractivity contribution < 1.29 is 23.9 Å². The first-order chi connectivity index (χ1) is 16.1. The molecule has 1 saturated heterocycles. The number of thiophene rings is 1. The topological polar surface area (TPSA) is 105 Å². The monoisotopic (exact) mass is 483 g/mol. The first-order valence-electron chi connectivity index (χ1n) is 11.5. The summed E-state index contributed by atoms with van der Waals surface area (Å²) in [6.45, 7) is 8.20. The summed E-state index contributed by atoms with van der Waals surface area (Å²) >= 11 is 1.12. The van der Waals surface area contributed by atoms with Gasteiger partial charge < -0.3 is 15.0 Å². The molecule has 180 valence electrons. The molecule has 8 nitrogen and oxygen atoms in total. The van der Waals surface area contributed by atoms with Gasteiger partial charge in [-0.2, -0.15) is 0 Å². The number of likely N-dealkylation sites (tertiary alicyclic amines) is 1. The molecule has 0 bridgehead atoms. The summed E-state index contributed by atoms with van der Waals surface area (Å²) in [5.74, 6) is 0.287. The zero-order chi connectivity index (χ0) is 24.6. The van der Waals surface area contributed by atoms with Gasteiger partial charge in [-0.1, -0.05) is 11.6 Å². The van der Waals surface area contributed by atoms with Crippen LogP contribution in [0.5, 0.6) is 5.75 Å². The van der Waals surface area contributed by atoms with Gasteiger partial charge >= 0.3 is 6.03 Å². The molecule has 1 aromatic carbocycles. The highest BCUT2D eigenvalue weighted by molar-refractivity contribution is 7.18. The normalized spacial score (nSPS) is 16.6. The second-order valence-corrected chi connectivity index (χ2v) is 10.00. The maximum Gasteiger partial charge on any atom is 0.319 e. The summed E-state index contributed by atoms with van der Waals surface area (Å²) in [6, 6.07) is 5.21. The molecular formula is C25H29N3O5S. The van der Waals surface area contributed by atoms with Crippen LogP contribution in [0.3, 0.4) is 0 Å². The molecule has 4 rings (SSSR count). The minimum atomic E-state index is -0.619. The molecular weight excluding hydrogens is 454 g/mol. The zero-order valence-corrected chi connectivity index (χ0v) is 20.7. The summed E-state index contributed by atoms with van der Waals surface area (Å²) in [6.07, 6.45) is 1.35. The van der Waals surface area contributed by atoms with E-state index in [0.29, 0.717) is 71.2 Å². The molecule has 3 amide bonds. The van der Waals surface area contributed by atoms with Gasteiger partial charge in [0.15, 0.2) is 11.6 Å². The van der Waals surface area contributed by atoms with Crippen molar-refractivity contribution in [2.45, 2.75) is 52.6 Å². The number of hydrogen-bond donors (Lipinski definition) is 2. The van der Waals surface area contributed by atoms with E-state index in [1.54, 1.807) is 18.7 Å². The lowest BCUT2D eigenvalue weighted by Gasteiger charge is -2.44. The summed E-state index contributed by atoms with van der Waals surface area (Å²) < 4.78 is 6.32. The number of Topliss-reactive ketones (excluding diaryl/α,β-unsaturated/α-hetero) is 2. The summed E-state index contributed by atoms with van der Waals surface area (Å²) in [4.78, 5) is 52.8. The van der Waals surface area contributed by atoms with Gasteiger partial charge in [-0.15, -0.1) is 11.3 Å². The molecule has 2 N–H and O–H groups in total. The number of fused-ring (bicyclic) bond motifs is 1. The molecule has 2 aliphatic rings. The Hall–Kier alpha value is -3.20. The van der Waals surface area contributed by atoms with Gasteiger partial charge in [-0.25, -0.2) is 4.79 Å². The quantitative estimate of drug-likeness (QED) is 0.629. The van der Waals surface area contributed by atoms with E-state index in [2.05, 4.69) is 10.6 Å². The molecule has 0 atom stereocenters. The van der Waals surface area contributed by atoms with Crippen molar-refractivity contribution in [1.82, 2.24) is 10.2 Å². The maximum absolute atomic E-state index is 13.5. The van der Waals surface area contributed by atoms with E-state index < -0.39 is 11.6 Å². The largest absolute Gasteiger partial charge is 0.486 e. The highest BCUT2D eigenvalue weighted by Gasteiger charge is 2.44.